The molecule has 18 heavy (non-hydrogen) atoms. The van der Waals surface area contributed by atoms with Crippen LogP contribution in [0.25, 0.3) is 0 Å². The highest BCUT2D eigenvalue weighted by Gasteiger charge is 2.26. The van der Waals surface area contributed by atoms with Gasteiger partial charge in [-0.15, -0.1) is 0 Å². The highest BCUT2D eigenvalue weighted by molar-refractivity contribution is 5.70. The van der Waals surface area contributed by atoms with Crippen LogP contribution in [0.4, 0.5) is 0 Å². The lowest BCUT2D eigenvalue weighted by atomic mass is 9.86. The van der Waals surface area contributed by atoms with Crippen molar-refractivity contribution >= 4 is 5.97 Å². The Morgan fingerprint density at radius 3 is 2.28 bits per heavy atom. The number of hydrogen-bond acceptors (Lipinski definition) is 2. The van der Waals surface area contributed by atoms with Gasteiger partial charge in [-0.25, -0.2) is 0 Å². The molecular weight excluding hydrogens is 228 g/mol. The van der Waals surface area contributed by atoms with Crippen molar-refractivity contribution in [2.75, 3.05) is 6.61 Å². The van der Waals surface area contributed by atoms with Crippen LogP contribution in [-0.4, -0.2) is 23.8 Å². The fraction of sp³-hybridized carbons (Fsp3) is 0.933. The number of aliphatic carboxylic acids is 1. The fourth-order valence-corrected chi connectivity index (χ4v) is 3.35. The van der Waals surface area contributed by atoms with Gasteiger partial charge in [-0.1, -0.05) is 32.1 Å². The molecule has 3 heteroatoms. The van der Waals surface area contributed by atoms with E-state index in [9.17, 15) is 4.79 Å². The van der Waals surface area contributed by atoms with Gasteiger partial charge in [0, 0.05) is 6.61 Å². The zero-order chi connectivity index (χ0) is 12.8. The molecule has 0 aromatic carbocycles. The van der Waals surface area contributed by atoms with Crippen molar-refractivity contribution < 1.29 is 14.6 Å². The van der Waals surface area contributed by atoms with Gasteiger partial charge in [-0.2, -0.15) is 0 Å². The minimum Gasteiger partial charge on any atom is -0.481 e. The summed E-state index contributed by atoms with van der Waals surface area (Å²) >= 11 is 0. The van der Waals surface area contributed by atoms with Crippen molar-refractivity contribution in [2.24, 2.45) is 11.8 Å². The Morgan fingerprint density at radius 2 is 1.67 bits per heavy atom. The van der Waals surface area contributed by atoms with Gasteiger partial charge in [-0.05, 0) is 38.0 Å². The Labute approximate surface area is 110 Å². The molecule has 1 N–H and O–H groups in total. The summed E-state index contributed by atoms with van der Waals surface area (Å²) in [6.07, 6.45) is 12.0. The minimum atomic E-state index is -0.629. The molecule has 3 nitrogen and oxygen atoms in total. The van der Waals surface area contributed by atoms with Gasteiger partial charge in [0.25, 0.3) is 0 Å². The van der Waals surface area contributed by atoms with Crippen molar-refractivity contribution in [1.82, 2.24) is 0 Å². The molecule has 0 aromatic rings. The minimum absolute atomic E-state index is 0.122. The molecule has 0 heterocycles. The average Bonchev–Trinajstić information content (AvgIpc) is 2.40. The molecule has 0 atom stereocenters. The van der Waals surface area contributed by atoms with E-state index in [1.54, 1.807) is 0 Å². The zero-order valence-electron chi connectivity index (χ0n) is 11.3. The predicted molar refractivity (Wildman–Crippen MR) is 70.5 cm³/mol. The number of hydrogen-bond donors (Lipinski definition) is 1. The van der Waals surface area contributed by atoms with Crippen LogP contribution in [0.2, 0.25) is 0 Å². The SMILES string of the molecule is O=C(O)C1CCC(OCCC2CCCCC2)CC1. The third-order valence-electron chi connectivity index (χ3n) is 4.63. The van der Waals surface area contributed by atoms with Crippen LogP contribution in [-0.2, 0) is 9.53 Å². The van der Waals surface area contributed by atoms with Crippen molar-refractivity contribution in [3.05, 3.63) is 0 Å². The third kappa shape index (κ3) is 4.27. The van der Waals surface area contributed by atoms with Crippen molar-refractivity contribution in [2.45, 2.75) is 70.3 Å². The van der Waals surface area contributed by atoms with E-state index in [0.717, 1.165) is 38.2 Å². The lowest BCUT2D eigenvalue weighted by Gasteiger charge is -2.27. The molecule has 2 aliphatic carbocycles. The van der Waals surface area contributed by atoms with Crippen LogP contribution in [0.15, 0.2) is 0 Å². The van der Waals surface area contributed by atoms with Crippen LogP contribution in [0.1, 0.15) is 64.2 Å². The molecule has 0 aliphatic heterocycles. The maximum absolute atomic E-state index is 10.8. The molecule has 0 spiro atoms. The van der Waals surface area contributed by atoms with Crippen molar-refractivity contribution in [1.29, 1.82) is 0 Å². The first-order chi connectivity index (χ1) is 8.75. The van der Waals surface area contributed by atoms with E-state index in [1.807, 2.05) is 0 Å². The molecule has 0 bridgehead atoms. The second-order valence-corrected chi connectivity index (χ2v) is 5.98. The molecular formula is C15H26O3. The second kappa shape index (κ2) is 7.13. The third-order valence-corrected chi connectivity index (χ3v) is 4.63. The molecule has 0 aromatic heterocycles. The van der Waals surface area contributed by atoms with E-state index in [4.69, 9.17) is 9.84 Å². The molecule has 0 unspecified atom stereocenters. The lowest BCUT2D eigenvalue weighted by Crippen LogP contribution is -2.26. The van der Waals surface area contributed by atoms with Gasteiger partial charge in [0.2, 0.25) is 0 Å². The van der Waals surface area contributed by atoms with Crippen molar-refractivity contribution in [3.8, 4) is 0 Å². The molecule has 2 fully saturated rings. The van der Waals surface area contributed by atoms with Gasteiger partial charge >= 0.3 is 5.97 Å². The van der Waals surface area contributed by atoms with E-state index in [2.05, 4.69) is 0 Å². The summed E-state index contributed by atoms with van der Waals surface area (Å²) in [6.45, 7) is 0.882. The molecule has 104 valence electrons. The summed E-state index contributed by atoms with van der Waals surface area (Å²) in [7, 11) is 0. The Bertz CT molecular complexity index is 250. The van der Waals surface area contributed by atoms with E-state index in [0.29, 0.717) is 6.10 Å². The number of carboxylic acids is 1. The topological polar surface area (TPSA) is 46.5 Å². The molecule has 0 amide bonds. The monoisotopic (exact) mass is 254 g/mol. The Morgan fingerprint density at radius 1 is 1.00 bits per heavy atom. The maximum atomic E-state index is 10.8. The highest BCUT2D eigenvalue weighted by Crippen LogP contribution is 2.29. The zero-order valence-corrected chi connectivity index (χ0v) is 11.3. The molecule has 2 saturated carbocycles. The smallest absolute Gasteiger partial charge is 0.306 e. The summed E-state index contributed by atoms with van der Waals surface area (Å²) in [5.74, 6) is 0.132. The summed E-state index contributed by atoms with van der Waals surface area (Å²) in [6, 6.07) is 0. The van der Waals surface area contributed by atoms with Crippen LogP contribution >= 0.6 is 0 Å². The largest absolute Gasteiger partial charge is 0.481 e. The van der Waals surface area contributed by atoms with Crippen LogP contribution < -0.4 is 0 Å². The van der Waals surface area contributed by atoms with Gasteiger partial charge in [0.1, 0.15) is 0 Å². The normalized spacial score (nSPS) is 30.2. The molecule has 0 saturated heterocycles. The maximum Gasteiger partial charge on any atom is 0.306 e. The number of carbonyl (C=O) groups is 1. The first-order valence-electron chi connectivity index (χ1n) is 7.60. The summed E-state index contributed by atoms with van der Waals surface area (Å²) in [5.41, 5.74) is 0. The van der Waals surface area contributed by atoms with E-state index in [-0.39, 0.29) is 5.92 Å². The molecule has 2 aliphatic rings. The lowest BCUT2D eigenvalue weighted by molar-refractivity contribution is -0.143. The van der Waals surface area contributed by atoms with Gasteiger partial charge in [-0.3, -0.25) is 4.79 Å². The fourth-order valence-electron chi connectivity index (χ4n) is 3.35. The number of rotatable bonds is 5. The molecule has 2 rings (SSSR count). The summed E-state index contributed by atoms with van der Waals surface area (Å²) in [5, 5.41) is 8.93. The predicted octanol–water partition coefficient (Wildman–Crippen LogP) is 3.62. The van der Waals surface area contributed by atoms with E-state index in [1.165, 1.54) is 38.5 Å². The van der Waals surface area contributed by atoms with Gasteiger partial charge in [0.05, 0.1) is 12.0 Å². The van der Waals surface area contributed by atoms with Crippen molar-refractivity contribution in [3.63, 3.8) is 0 Å². The number of ether oxygens (including phenoxy) is 1. The quantitative estimate of drug-likeness (QED) is 0.815. The van der Waals surface area contributed by atoms with Crippen LogP contribution in [0.3, 0.4) is 0 Å². The van der Waals surface area contributed by atoms with Crippen LogP contribution in [0, 0.1) is 11.8 Å². The second-order valence-electron chi connectivity index (χ2n) is 5.98. The average molecular weight is 254 g/mol. The Balaban J connectivity index is 1.56. The van der Waals surface area contributed by atoms with E-state index < -0.39 is 5.97 Å². The Kier molecular flexibility index (Phi) is 5.48. The first-order valence-corrected chi connectivity index (χ1v) is 7.60. The van der Waals surface area contributed by atoms with Crippen LogP contribution in [0.5, 0.6) is 0 Å². The van der Waals surface area contributed by atoms with Gasteiger partial charge < -0.3 is 9.84 Å². The summed E-state index contributed by atoms with van der Waals surface area (Å²) in [4.78, 5) is 10.8. The first kappa shape index (κ1) is 13.9. The molecule has 0 radical (unpaired) electrons. The van der Waals surface area contributed by atoms with Gasteiger partial charge in [0.15, 0.2) is 0 Å². The number of carboxylic acid groups (broad SMARTS) is 1. The Hall–Kier alpha value is -0.570. The van der Waals surface area contributed by atoms with E-state index >= 15 is 0 Å². The summed E-state index contributed by atoms with van der Waals surface area (Å²) < 4.78 is 5.92. The standard InChI is InChI=1S/C15H26O3/c16-15(17)13-6-8-14(9-7-13)18-11-10-12-4-2-1-3-5-12/h12-14H,1-11H2,(H,16,17). The highest BCUT2D eigenvalue weighted by atomic mass is 16.5.